The Bertz CT molecular complexity index is 396. The highest BCUT2D eigenvalue weighted by molar-refractivity contribution is 5.54. The molecule has 0 unspecified atom stereocenters. The third-order valence-electron chi connectivity index (χ3n) is 2.28. The number of nitrogens with zero attached hydrogens (tertiary/aromatic N) is 1. The fraction of sp³-hybridized carbons (Fsp3) is 0.417. The van der Waals surface area contributed by atoms with Gasteiger partial charge in [-0.05, 0) is 30.5 Å². The highest BCUT2D eigenvalue weighted by Crippen LogP contribution is 2.32. The van der Waals surface area contributed by atoms with E-state index in [0.29, 0.717) is 29.9 Å². The number of methoxy groups -OCH3 is 2. The Morgan fingerprint density at radius 3 is 2.56 bits per heavy atom. The van der Waals surface area contributed by atoms with Crippen molar-refractivity contribution in [2.24, 2.45) is 0 Å². The molecule has 0 heterocycles. The largest absolute Gasteiger partial charge is 0.493 e. The van der Waals surface area contributed by atoms with E-state index in [1.807, 2.05) is 6.07 Å². The van der Waals surface area contributed by atoms with Gasteiger partial charge in [0.25, 0.3) is 0 Å². The number of aliphatic hydroxyl groups is 1. The minimum absolute atomic E-state index is 0.135. The van der Waals surface area contributed by atoms with E-state index in [1.54, 1.807) is 6.07 Å². The number of ether oxygens (including phenoxy) is 2. The smallest absolute Gasteiger partial charge is 0.178 e. The minimum atomic E-state index is 0.135. The van der Waals surface area contributed by atoms with Crippen LogP contribution >= 0.6 is 0 Å². The zero-order valence-electron chi connectivity index (χ0n) is 9.49. The molecule has 0 aliphatic carbocycles. The second-order valence-electron chi connectivity index (χ2n) is 3.32. The van der Waals surface area contributed by atoms with Crippen molar-refractivity contribution in [3.8, 4) is 17.6 Å². The molecule has 16 heavy (non-hydrogen) atoms. The van der Waals surface area contributed by atoms with Crippen LogP contribution < -0.4 is 9.47 Å². The SMILES string of the molecule is COc1cc(CCCO)cc(C#N)c1OC. The van der Waals surface area contributed by atoms with Crippen molar-refractivity contribution in [2.45, 2.75) is 12.8 Å². The predicted molar refractivity (Wildman–Crippen MR) is 59.7 cm³/mol. The molecule has 0 aromatic heterocycles. The van der Waals surface area contributed by atoms with Gasteiger partial charge < -0.3 is 14.6 Å². The first kappa shape index (κ1) is 12.3. The van der Waals surface area contributed by atoms with Crippen LogP contribution in [0.2, 0.25) is 0 Å². The summed E-state index contributed by atoms with van der Waals surface area (Å²) in [6.07, 6.45) is 1.38. The monoisotopic (exact) mass is 221 g/mol. The maximum absolute atomic E-state index is 8.98. The van der Waals surface area contributed by atoms with E-state index in [9.17, 15) is 0 Å². The van der Waals surface area contributed by atoms with Crippen LogP contribution in [0, 0.1) is 11.3 Å². The minimum Gasteiger partial charge on any atom is -0.493 e. The van der Waals surface area contributed by atoms with Crippen LogP contribution in [0.5, 0.6) is 11.5 Å². The van der Waals surface area contributed by atoms with Gasteiger partial charge in [-0.3, -0.25) is 0 Å². The fourth-order valence-electron chi connectivity index (χ4n) is 1.53. The highest BCUT2D eigenvalue weighted by atomic mass is 16.5. The molecule has 0 radical (unpaired) electrons. The molecule has 0 amide bonds. The lowest BCUT2D eigenvalue weighted by Crippen LogP contribution is -1.97. The first-order chi connectivity index (χ1) is 7.76. The van der Waals surface area contributed by atoms with E-state index >= 15 is 0 Å². The summed E-state index contributed by atoms with van der Waals surface area (Å²) in [5, 5.41) is 17.7. The number of aryl methyl sites for hydroxylation is 1. The zero-order chi connectivity index (χ0) is 12.0. The molecule has 0 spiro atoms. The van der Waals surface area contributed by atoms with Gasteiger partial charge in [0.15, 0.2) is 11.5 Å². The van der Waals surface area contributed by atoms with Gasteiger partial charge >= 0.3 is 0 Å². The maximum atomic E-state index is 8.98. The second kappa shape index (κ2) is 5.99. The van der Waals surface area contributed by atoms with Gasteiger partial charge in [-0.2, -0.15) is 5.26 Å². The molecule has 1 rings (SSSR count). The summed E-state index contributed by atoms with van der Waals surface area (Å²) in [5.74, 6) is 1.01. The van der Waals surface area contributed by atoms with E-state index < -0.39 is 0 Å². The summed E-state index contributed by atoms with van der Waals surface area (Å²) in [7, 11) is 3.04. The van der Waals surface area contributed by atoms with Crippen LogP contribution in [-0.2, 0) is 6.42 Å². The summed E-state index contributed by atoms with van der Waals surface area (Å²) in [4.78, 5) is 0. The van der Waals surface area contributed by atoms with Gasteiger partial charge in [-0.1, -0.05) is 0 Å². The van der Waals surface area contributed by atoms with Crippen molar-refractivity contribution < 1.29 is 14.6 Å². The molecule has 1 aromatic rings. The van der Waals surface area contributed by atoms with Crippen molar-refractivity contribution in [2.75, 3.05) is 20.8 Å². The third kappa shape index (κ3) is 2.65. The summed E-state index contributed by atoms with van der Waals surface area (Å²) in [5.41, 5.74) is 1.41. The van der Waals surface area contributed by atoms with Crippen molar-refractivity contribution in [1.82, 2.24) is 0 Å². The van der Waals surface area contributed by atoms with Crippen LogP contribution in [0.4, 0.5) is 0 Å². The third-order valence-corrected chi connectivity index (χ3v) is 2.28. The Labute approximate surface area is 95.0 Å². The van der Waals surface area contributed by atoms with E-state index in [1.165, 1.54) is 14.2 Å². The summed E-state index contributed by atoms with van der Waals surface area (Å²) in [6, 6.07) is 5.66. The molecular formula is C12H15NO3. The van der Waals surface area contributed by atoms with Crippen molar-refractivity contribution in [3.05, 3.63) is 23.3 Å². The lowest BCUT2D eigenvalue weighted by atomic mass is 10.1. The lowest BCUT2D eigenvalue weighted by molar-refractivity contribution is 0.288. The number of aliphatic hydroxyl groups excluding tert-OH is 1. The normalized spacial score (nSPS) is 9.62. The topological polar surface area (TPSA) is 62.5 Å². The predicted octanol–water partition coefficient (Wildman–Crippen LogP) is 1.50. The van der Waals surface area contributed by atoms with Gasteiger partial charge in [0.1, 0.15) is 6.07 Å². The summed E-state index contributed by atoms with van der Waals surface area (Å²) in [6.45, 7) is 0.135. The van der Waals surface area contributed by atoms with E-state index in [2.05, 4.69) is 6.07 Å². The molecular weight excluding hydrogens is 206 g/mol. The van der Waals surface area contributed by atoms with E-state index in [-0.39, 0.29) is 6.61 Å². The van der Waals surface area contributed by atoms with Gasteiger partial charge in [0, 0.05) is 6.61 Å². The molecule has 4 heteroatoms. The standard InChI is InChI=1S/C12H15NO3/c1-15-11-7-9(4-3-5-14)6-10(8-13)12(11)16-2/h6-7,14H,3-5H2,1-2H3. The quantitative estimate of drug-likeness (QED) is 0.818. The molecule has 0 aliphatic heterocycles. The van der Waals surface area contributed by atoms with Gasteiger partial charge in [0.2, 0.25) is 0 Å². The molecule has 1 N–H and O–H groups in total. The Morgan fingerprint density at radius 1 is 1.31 bits per heavy atom. The van der Waals surface area contributed by atoms with Gasteiger partial charge in [-0.15, -0.1) is 0 Å². The van der Waals surface area contributed by atoms with Crippen molar-refractivity contribution >= 4 is 0 Å². The van der Waals surface area contributed by atoms with Crippen LogP contribution in [-0.4, -0.2) is 25.9 Å². The molecule has 4 nitrogen and oxygen atoms in total. The number of hydrogen-bond donors (Lipinski definition) is 1. The Morgan fingerprint density at radius 2 is 2.06 bits per heavy atom. The first-order valence-electron chi connectivity index (χ1n) is 5.02. The van der Waals surface area contributed by atoms with E-state index in [4.69, 9.17) is 19.8 Å². The van der Waals surface area contributed by atoms with Crippen LogP contribution in [0.15, 0.2) is 12.1 Å². The van der Waals surface area contributed by atoms with E-state index in [0.717, 1.165) is 5.56 Å². The van der Waals surface area contributed by atoms with Crippen molar-refractivity contribution in [3.63, 3.8) is 0 Å². The number of hydrogen-bond acceptors (Lipinski definition) is 4. The molecule has 0 fully saturated rings. The van der Waals surface area contributed by atoms with Crippen molar-refractivity contribution in [1.29, 1.82) is 5.26 Å². The molecule has 0 saturated heterocycles. The number of rotatable bonds is 5. The lowest BCUT2D eigenvalue weighted by Gasteiger charge is -2.11. The summed E-state index contributed by atoms with van der Waals surface area (Å²) < 4.78 is 10.3. The van der Waals surface area contributed by atoms with Crippen LogP contribution in [0.25, 0.3) is 0 Å². The fourth-order valence-corrected chi connectivity index (χ4v) is 1.53. The molecule has 0 atom stereocenters. The maximum Gasteiger partial charge on any atom is 0.178 e. The molecule has 86 valence electrons. The molecule has 1 aromatic carbocycles. The Balaban J connectivity index is 3.11. The van der Waals surface area contributed by atoms with Crippen LogP contribution in [0.1, 0.15) is 17.5 Å². The first-order valence-corrected chi connectivity index (χ1v) is 5.02. The molecule has 0 saturated carbocycles. The van der Waals surface area contributed by atoms with Gasteiger partial charge in [0.05, 0.1) is 19.8 Å². The summed E-state index contributed by atoms with van der Waals surface area (Å²) >= 11 is 0. The number of benzene rings is 1. The number of nitriles is 1. The molecule has 0 aliphatic rings. The average Bonchev–Trinajstić information content (AvgIpc) is 2.34. The molecule has 0 bridgehead atoms. The average molecular weight is 221 g/mol. The van der Waals surface area contributed by atoms with Crippen LogP contribution in [0.3, 0.4) is 0 Å². The second-order valence-corrected chi connectivity index (χ2v) is 3.32. The van der Waals surface area contributed by atoms with Gasteiger partial charge in [-0.25, -0.2) is 0 Å². The Kier molecular flexibility index (Phi) is 4.62. The highest BCUT2D eigenvalue weighted by Gasteiger charge is 2.11. The Hall–Kier alpha value is -1.73. The zero-order valence-corrected chi connectivity index (χ0v) is 9.49.